The van der Waals surface area contributed by atoms with Crippen LogP contribution in [0.5, 0.6) is 0 Å². The lowest BCUT2D eigenvalue weighted by atomic mass is 10.1. The van der Waals surface area contributed by atoms with Gasteiger partial charge in [0, 0.05) is 28.9 Å². The van der Waals surface area contributed by atoms with Gasteiger partial charge in [-0.3, -0.25) is 0 Å². The second-order valence-electron chi connectivity index (χ2n) is 4.68. The molecule has 0 fully saturated rings. The smallest absolute Gasteiger partial charge is 0.199 e. The number of hydrogen-bond donors (Lipinski definition) is 1. The maximum absolute atomic E-state index is 6.18. The van der Waals surface area contributed by atoms with Gasteiger partial charge in [-0.1, -0.05) is 25.1 Å². The molecule has 2 nitrogen and oxygen atoms in total. The number of aryl methyl sites for hydroxylation is 1. The SMILES string of the molecule is CCc1ccsc1CNCc1c(Cl)oc2ccccc12. The Kier molecular flexibility index (Phi) is 4.10. The first-order valence-electron chi connectivity index (χ1n) is 6.71. The number of thiophene rings is 1. The average Bonchev–Trinajstić information content (AvgIpc) is 3.03. The van der Waals surface area contributed by atoms with Crippen molar-refractivity contribution in [2.75, 3.05) is 0 Å². The highest BCUT2D eigenvalue weighted by atomic mass is 35.5. The summed E-state index contributed by atoms with van der Waals surface area (Å²) in [6.45, 7) is 3.78. The summed E-state index contributed by atoms with van der Waals surface area (Å²) < 4.78 is 5.56. The van der Waals surface area contributed by atoms with Crippen molar-refractivity contribution in [3.63, 3.8) is 0 Å². The van der Waals surface area contributed by atoms with Gasteiger partial charge in [0.25, 0.3) is 0 Å². The molecule has 4 heteroatoms. The van der Waals surface area contributed by atoms with Crippen molar-refractivity contribution in [2.24, 2.45) is 0 Å². The van der Waals surface area contributed by atoms with Gasteiger partial charge in [0.1, 0.15) is 5.58 Å². The lowest BCUT2D eigenvalue weighted by Gasteiger charge is -2.04. The minimum Gasteiger partial charge on any atom is -0.444 e. The van der Waals surface area contributed by atoms with Crippen molar-refractivity contribution < 1.29 is 4.42 Å². The Balaban J connectivity index is 1.73. The van der Waals surface area contributed by atoms with Crippen molar-refractivity contribution in [1.29, 1.82) is 0 Å². The van der Waals surface area contributed by atoms with E-state index in [9.17, 15) is 0 Å². The van der Waals surface area contributed by atoms with Crippen LogP contribution in [-0.2, 0) is 19.5 Å². The number of rotatable bonds is 5. The second-order valence-corrected chi connectivity index (χ2v) is 6.02. The van der Waals surface area contributed by atoms with E-state index in [-0.39, 0.29) is 0 Å². The number of hydrogen-bond acceptors (Lipinski definition) is 3. The highest BCUT2D eigenvalue weighted by Gasteiger charge is 2.11. The van der Waals surface area contributed by atoms with Gasteiger partial charge in [0.05, 0.1) is 0 Å². The van der Waals surface area contributed by atoms with Crippen LogP contribution in [0.15, 0.2) is 40.1 Å². The maximum Gasteiger partial charge on any atom is 0.199 e. The molecule has 0 aliphatic carbocycles. The first kappa shape index (κ1) is 13.7. The molecule has 0 amide bonds. The summed E-state index contributed by atoms with van der Waals surface area (Å²) in [4.78, 5) is 1.40. The van der Waals surface area contributed by atoms with E-state index in [2.05, 4.69) is 23.7 Å². The Hall–Kier alpha value is -1.29. The highest BCUT2D eigenvalue weighted by Crippen LogP contribution is 2.29. The van der Waals surface area contributed by atoms with Crippen LogP contribution in [0, 0.1) is 0 Å². The minimum atomic E-state index is 0.487. The van der Waals surface area contributed by atoms with Crippen molar-refractivity contribution in [3.05, 3.63) is 56.9 Å². The molecule has 0 spiro atoms. The first-order chi connectivity index (χ1) is 9.79. The summed E-state index contributed by atoms with van der Waals surface area (Å²) in [6.07, 6.45) is 1.08. The van der Waals surface area contributed by atoms with Gasteiger partial charge in [-0.05, 0) is 41.1 Å². The molecule has 1 N–H and O–H groups in total. The van der Waals surface area contributed by atoms with Crippen LogP contribution < -0.4 is 5.32 Å². The number of para-hydroxylation sites is 1. The Labute approximate surface area is 127 Å². The van der Waals surface area contributed by atoms with E-state index in [1.165, 1.54) is 10.4 Å². The highest BCUT2D eigenvalue weighted by molar-refractivity contribution is 7.10. The molecule has 0 saturated carbocycles. The molecule has 0 bridgehead atoms. The van der Waals surface area contributed by atoms with E-state index in [1.54, 1.807) is 11.3 Å². The fourth-order valence-electron chi connectivity index (χ4n) is 2.37. The Morgan fingerprint density at radius 3 is 2.90 bits per heavy atom. The van der Waals surface area contributed by atoms with Crippen LogP contribution in [0.1, 0.15) is 22.9 Å². The second kappa shape index (κ2) is 6.00. The van der Waals surface area contributed by atoms with E-state index in [4.69, 9.17) is 16.0 Å². The fraction of sp³-hybridized carbons (Fsp3) is 0.250. The van der Waals surface area contributed by atoms with Crippen LogP contribution in [0.4, 0.5) is 0 Å². The van der Waals surface area contributed by atoms with Gasteiger partial charge in [-0.25, -0.2) is 0 Å². The summed E-state index contributed by atoms with van der Waals surface area (Å²) in [5.74, 6) is 0. The molecular formula is C16H16ClNOS. The lowest BCUT2D eigenvalue weighted by Crippen LogP contribution is -2.12. The Morgan fingerprint density at radius 2 is 2.05 bits per heavy atom. The zero-order valence-corrected chi connectivity index (χ0v) is 12.9. The molecule has 0 unspecified atom stereocenters. The first-order valence-corrected chi connectivity index (χ1v) is 7.97. The van der Waals surface area contributed by atoms with E-state index in [0.717, 1.165) is 36.0 Å². The average molecular weight is 306 g/mol. The number of nitrogens with one attached hydrogen (secondary N) is 1. The largest absolute Gasteiger partial charge is 0.444 e. The molecule has 0 aliphatic heterocycles. The third kappa shape index (κ3) is 2.62. The fourth-order valence-corrected chi connectivity index (χ4v) is 3.57. The van der Waals surface area contributed by atoms with Gasteiger partial charge in [0.2, 0.25) is 0 Å². The van der Waals surface area contributed by atoms with Crippen molar-refractivity contribution >= 4 is 33.9 Å². The molecule has 2 aromatic heterocycles. The predicted molar refractivity (Wildman–Crippen MR) is 85.5 cm³/mol. The van der Waals surface area contributed by atoms with Crippen molar-refractivity contribution in [2.45, 2.75) is 26.4 Å². The number of benzene rings is 1. The quantitative estimate of drug-likeness (QED) is 0.717. The van der Waals surface area contributed by atoms with E-state index < -0.39 is 0 Å². The van der Waals surface area contributed by atoms with E-state index in [1.807, 2.05) is 24.3 Å². The summed E-state index contributed by atoms with van der Waals surface area (Å²) in [5.41, 5.74) is 3.31. The van der Waals surface area contributed by atoms with Crippen LogP contribution in [0.3, 0.4) is 0 Å². The van der Waals surface area contributed by atoms with Crippen molar-refractivity contribution in [3.8, 4) is 0 Å². The van der Waals surface area contributed by atoms with Gasteiger partial charge in [0.15, 0.2) is 5.22 Å². The zero-order chi connectivity index (χ0) is 13.9. The molecular weight excluding hydrogens is 290 g/mol. The predicted octanol–water partition coefficient (Wildman–Crippen LogP) is 5.00. The maximum atomic E-state index is 6.18. The van der Waals surface area contributed by atoms with Crippen LogP contribution >= 0.6 is 22.9 Å². The molecule has 1 aromatic carbocycles. The summed E-state index contributed by atoms with van der Waals surface area (Å²) in [6, 6.07) is 10.1. The third-order valence-corrected chi connectivity index (χ3v) is 4.72. The van der Waals surface area contributed by atoms with E-state index in [0.29, 0.717) is 5.22 Å². The molecule has 2 heterocycles. The standard InChI is InChI=1S/C16H16ClNOS/c1-2-11-7-8-20-15(11)10-18-9-13-12-5-3-4-6-14(12)19-16(13)17/h3-8,18H,2,9-10H2,1H3. The molecule has 0 saturated heterocycles. The van der Waals surface area contributed by atoms with Gasteiger partial charge >= 0.3 is 0 Å². The minimum absolute atomic E-state index is 0.487. The molecule has 20 heavy (non-hydrogen) atoms. The van der Waals surface area contributed by atoms with E-state index >= 15 is 0 Å². The number of furan rings is 1. The van der Waals surface area contributed by atoms with Gasteiger partial charge in [-0.2, -0.15) is 0 Å². The third-order valence-electron chi connectivity index (χ3n) is 3.45. The van der Waals surface area contributed by atoms with Gasteiger partial charge in [-0.15, -0.1) is 11.3 Å². The van der Waals surface area contributed by atoms with Crippen LogP contribution in [0.25, 0.3) is 11.0 Å². The van der Waals surface area contributed by atoms with Gasteiger partial charge < -0.3 is 9.73 Å². The zero-order valence-electron chi connectivity index (χ0n) is 11.3. The summed E-state index contributed by atoms with van der Waals surface area (Å²) in [7, 11) is 0. The van der Waals surface area contributed by atoms with Crippen LogP contribution in [-0.4, -0.2) is 0 Å². The number of halogens is 1. The molecule has 0 radical (unpaired) electrons. The molecule has 0 atom stereocenters. The van der Waals surface area contributed by atoms with Crippen LogP contribution in [0.2, 0.25) is 5.22 Å². The summed E-state index contributed by atoms with van der Waals surface area (Å²) in [5, 5.41) is 7.19. The topological polar surface area (TPSA) is 25.2 Å². The molecule has 3 aromatic rings. The molecule has 104 valence electrons. The Morgan fingerprint density at radius 1 is 1.20 bits per heavy atom. The number of fused-ring (bicyclic) bond motifs is 1. The van der Waals surface area contributed by atoms with Crippen molar-refractivity contribution in [1.82, 2.24) is 5.32 Å². The monoisotopic (exact) mass is 305 g/mol. The summed E-state index contributed by atoms with van der Waals surface area (Å²) >= 11 is 7.98. The Bertz CT molecular complexity index is 716. The lowest BCUT2D eigenvalue weighted by molar-refractivity contribution is 0.604. The molecule has 3 rings (SSSR count). The normalized spacial score (nSPS) is 11.3. The molecule has 0 aliphatic rings.